The van der Waals surface area contributed by atoms with Gasteiger partial charge in [-0.05, 0) is 41.5 Å². The summed E-state index contributed by atoms with van der Waals surface area (Å²) < 4.78 is 11.6. The number of hydrogen-bond acceptors (Lipinski definition) is 26. The standard InChI is InChI=1S/C44H45N11O19S4/c1-42(2,36(63)64)71-41(69)72-53-40-46-21(17-78-40)24(52-74-44(5,6)38(67)68)28(56)47-25(31-49-22-19(15-75-31)13-70-35(22)62)30(58)50-39-45-20(16-77-39)23(51-73-43(3,4)37(65)66)29(57)48-26-32(59)55-27(34(60)61)18(14-76-33(26)55)12-54-10-8-7-9-11-54/h7-11,16-17,25-26,31,33,49H,12-15H2,1-6H3,(H7-,45,46,47,48,50,53,56,57,58,60,61,63,64,65,66,67,68)/b51-23-,52-24-/t25?,26-,31?,33-/m1/s1. The van der Waals surface area contributed by atoms with Crippen LogP contribution in [0.5, 0.6) is 0 Å². The van der Waals surface area contributed by atoms with Gasteiger partial charge in [0.05, 0.1) is 11.7 Å². The summed E-state index contributed by atoms with van der Waals surface area (Å²) in [4.78, 5) is 154. The Morgan fingerprint density at radius 1 is 0.846 bits per heavy atom. The summed E-state index contributed by atoms with van der Waals surface area (Å²) in [5.41, 5.74) is -5.49. The van der Waals surface area contributed by atoms with Gasteiger partial charge in [0.15, 0.2) is 35.5 Å². The SMILES string of the molecule is CC(C)(O/N=C(\C(=O)NC(C(=O)Nc1nc(/C(=N/OC(C)(C)C(=O)O)C(=O)N[C@@H]2C(=O)N3C(C(=O)[O-])=C(C[n+]4ccccc4)CS[C@H]23)cs1)C1NC2=C(COC2=O)CS1)c1csc(NOC(=O)OC(C)(C)C(=O)O)n1)C(=O)O. The number of oxime groups is 2. The van der Waals surface area contributed by atoms with E-state index in [2.05, 4.69) is 47.0 Å². The lowest BCUT2D eigenvalue weighted by molar-refractivity contribution is -0.689. The van der Waals surface area contributed by atoms with E-state index in [1.165, 1.54) is 10.8 Å². The molecule has 4 aliphatic rings. The largest absolute Gasteiger partial charge is 0.543 e. The number of β-lactam (4-membered cyclic amide) rings is 1. The molecule has 0 bridgehead atoms. The number of esters is 1. The van der Waals surface area contributed by atoms with Crippen molar-refractivity contribution in [3.05, 3.63) is 75.3 Å². The number of carboxylic acids is 4. The molecule has 7 heterocycles. The fraction of sp³-hybridized carbons (Fsp3) is 0.386. The fourth-order valence-corrected chi connectivity index (χ4v) is 10.6. The molecule has 1 fully saturated rings. The third kappa shape index (κ3) is 12.9. The minimum absolute atomic E-state index is 0.0117. The van der Waals surface area contributed by atoms with Crippen LogP contribution >= 0.6 is 46.2 Å². The van der Waals surface area contributed by atoms with Gasteiger partial charge >= 0.3 is 30.0 Å². The van der Waals surface area contributed by atoms with Crippen molar-refractivity contribution >= 4 is 128 Å². The van der Waals surface area contributed by atoms with E-state index < -0.39 is 111 Å². The van der Waals surface area contributed by atoms with Crippen LogP contribution in [0.15, 0.2) is 74.2 Å². The fourth-order valence-electron chi connectivity index (χ4n) is 6.74. The van der Waals surface area contributed by atoms with E-state index in [-0.39, 0.29) is 57.7 Å². The Morgan fingerprint density at radius 3 is 2.04 bits per heavy atom. The van der Waals surface area contributed by atoms with Gasteiger partial charge in [-0.15, -0.1) is 46.2 Å². The molecule has 4 amide bonds. The zero-order valence-electron chi connectivity index (χ0n) is 41.4. The molecule has 0 aliphatic carbocycles. The lowest BCUT2D eigenvalue weighted by atomic mass is 10.0. The van der Waals surface area contributed by atoms with Crippen LogP contribution in [0.2, 0.25) is 0 Å². The van der Waals surface area contributed by atoms with Gasteiger partial charge in [0, 0.05) is 45.5 Å². The average Bonchev–Trinajstić information content (AvgIpc) is 4.25. The number of fused-ring (bicyclic) bond motifs is 1. The smallest absolute Gasteiger partial charge is 0.534 e. The number of ether oxygens (including phenoxy) is 2. The van der Waals surface area contributed by atoms with Crippen LogP contribution in [-0.4, -0.2) is 159 Å². The van der Waals surface area contributed by atoms with Gasteiger partial charge in [-0.2, -0.15) is 5.48 Å². The maximum Gasteiger partial charge on any atom is 0.534 e. The molecule has 0 radical (unpaired) electrons. The summed E-state index contributed by atoms with van der Waals surface area (Å²) in [7, 11) is 0. The van der Waals surface area contributed by atoms with Gasteiger partial charge in [-0.3, -0.25) is 24.1 Å². The molecule has 3 aromatic heterocycles. The average molecular weight is 1160 g/mol. The van der Waals surface area contributed by atoms with E-state index in [4.69, 9.17) is 24.0 Å². The molecule has 78 heavy (non-hydrogen) atoms. The third-order valence-electron chi connectivity index (χ3n) is 11.2. The van der Waals surface area contributed by atoms with E-state index in [1.54, 1.807) is 35.2 Å². The van der Waals surface area contributed by atoms with Crippen molar-refractivity contribution in [1.82, 2.24) is 30.8 Å². The first-order valence-electron chi connectivity index (χ1n) is 22.5. The molecular weight excluding hydrogens is 1110 g/mol. The first kappa shape index (κ1) is 57.3. The number of carbonyl (C=O) groups is 10. The number of pyridine rings is 1. The Morgan fingerprint density at radius 2 is 1.44 bits per heavy atom. The molecule has 34 heteroatoms. The molecule has 3 aromatic rings. The van der Waals surface area contributed by atoms with Crippen molar-refractivity contribution in [2.45, 2.75) is 87.7 Å². The zero-order valence-corrected chi connectivity index (χ0v) is 44.6. The van der Waals surface area contributed by atoms with Crippen LogP contribution < -0.4 is 36.4 Å². The third-order valence-corrected chi connectivity index (χ3v) is 15.3. The van der Waals surface area contributed by atoms with Crippen LogP contribution in [0, 0.1) is 0 Å². The number of aliphatic carboxylic acids is 4. The van der Waals surface area contributed by atoms with Crippen molar-refractivity contribution in [2.24, 2.45) is 10.3 Å². The number of nitrogens with one attached hydrogen (secondary N) is 5. The molecule has 4 atom stereocenters. The minimum atomic E-state index is -2.06. The second kappa shape index (κ2) is 23.1. The highest BCUT2D eigenvalue weighted by molar-refractivity contribution is 8.00. The number of carbonyl (C=O) groups excluding carboxylic acids is 7. The molecule has 1 saturated heterocycles. The summed E-state index contributed by atoms with van der Waals surface area (Å²) in [6.45, 7) is 6.70. The van der Waals surface area contributed by atoms with E-state index in [9.17, 15) is 68.4 Å². The monoisotopic (exact) mass is 1160 g/mol. The quantitative estimate of drug-likeness (QED) is 0.0199. The van der Waals surface area contributed by atoms with Crippen molar-refractivity contribution in [3.63, 3.8) is 0 Å². The van der Waals surface area contributed by atoms with E-state index in [0.29, 0.717) is 33.8 Å². The maximum absolute atomic E-state index is 14.5. The van der Waals surface area contributed by atoms with Crippen molar-refractivity contribution in [2.75, 3.05) is 28.9 Å². The van der Waals surface area contributed by atoms with Crippen LogP contribution in [0.25, 0.3) is 0 Å². The highest BCUT2D eigenvalue weighted by Crippen LogP contribution is 2.40. The number of rotatable bonds is 22. The van der Waals surface area contributed by atoms with Gasteiger partial charge in [0.2, 0.25) is 21.9 Å². The summed E-state index contributed by atoms with van der Waals surface area (Å²) in [6, 6.07) is 2.21. The lowest BCUT2D eigenvalue weighted by Crippen LogP contribution is -2.71. The summed E-state index contributed by atoms with van der Waals surface area (Å²) in [6.07, 6.45) is 1.94. The van der Waals surface area contributed by atoms with E-state index in [1.807, 2.05) is 0 Å². The number of hydrogen-bond donors (Lipinski definition) is 8. The first-order valence-corrected chi connectivity index (χ1v) is 26.3. The maximum atomic E-state index is 14.5. The molecule has 414 valence electrons. The number of amides is 4. The van der Waals surface area contributed by atoms with Crippen LogP contribution in [-0.2, 0) is 73.7 Å². The Labute approximate surface area is 455 Å². The van der Waals surface area contributed by atoms with Crippen molar-refractivity contribution in [1.29, 1.82) is 0 Å². The molecule has 7 rings (SSSR count). The zero-order chi connectivity index (χ0) is 57.0. The molecule has 30 nitrogen and oxygen atoms in total. The topological polar surface area (TPSA) is 418 Å². The molecule has 0 aromatic carbocycles. The highest BCUT2D eigenvalue weighted by Gasteiger charge is 2.54. The van der Waals surface area contributed by atoms with Crippen LogP contribution in [0.1, 0.15) is 52.9 Å². The van der Waals surface area contributed by atoms with Gasteiger partial charge < -0.3 is 70.5 Å². The Hall–Kier alpha value is -8.37. The van der Waals surface area contributed by atoms with Gasteiger partial charge in [0.25, 0.3) is 23.6 Å². The second-order valence-corrected chi connectivity index (χ2v) is 22.1. The number of thiazole rings is 2. The number of anilines is 2. The second-order valence-electron chi connectivity index (χ2n) is 18.2. The Kier molecular flexibility index (Phi) is 17.0. The molecule has 4 aliphatic heterocycles. The molecule has 8 N–H and O–H groups in total. The predicted molar refractivity (Wildman–Crippen MR) is 267 cm³/mol. The molecular formula is C44H45N11O19S4. The van der Waals surface area contributed by atoms with Crippen LogP contribution in [0.3, 0.4) is 0 Å². The summed E-state index contributed by atoms with van der Waals surface area (Å²) >= 11 is 3.63. The predicted octanol–water partition coefficient (Wildman–Crippen LogP) is -0.901. The molecule has 0 spiro atoms. The summed E-state index contributed by atoms with van der Waals surface area (Å²) in [5.74, 6) is -10.8. The molecule has 0 saturated carbocycles. The van der Waals surface area contributed by atoms with E-state index >= 15 is 0 Å². The number of cyclic esters (lactones) is 1. The number of nitrogens with zero attached hydrogens (tertiary/aromatic N) is 6. The van der Waals surface area contributed by atoms with Gasteiger partial charge in [-0.1, -0.05) is 16.4 Å². The molecule has 2 unspecified atom stereocenters. The van der Waals surface area contributed by atoms with Gasteiger partial charge in [-0.25, -0.2) is 38.5 Å². The number of aromatic nitrogens is 3. The summed E-state index contributed by atoms with van der Waals surface area (Å²) in [5, 5.41) is 58.9. The van der Waals surface area contributed by atoms with E-state index in [0.717, 1.165) is 70.0 Å². The Balaban J connectivity index is 1.14. The lowest BCUT2D eigenvalue weighted by Gasteiger charge is -2.50. The highest BCUT2D eigenvalue weighted by atomic mass is 32.2. The van der Waals surface area contributed by atoms with Gasteiger partial charge in [0.1, 0.15) is 46.5 Å². The van der Waals surface area contributed by atoms with Crippen LogP contribution in [0.4, 0.5) is 15.1 Å². The Bertz CT molecular complexity index is 3120. The first-order chi connectivity index (χ1) is 36.7. The number of carboxylic acid groups (broad SMARTS) is 4. The normalized spacial score (nSPS) is 18.9. The number of thioether (sulfide) groups is 2. The van der Waals surface area contributed by atoms with Crippen molar-refractivity contribution < 1.29 is 96.9 Å². The minimum Gasteiger partial charge on any atom is -0.543 e. The van der Waals surface area contributed by atoms with Crippen molar-refractivity contribution in [3.8, 4) is 0 Å².